The maximum atomic E-state index is 12.8. The quantitative estimate of drug-likeness (QED) is 0.801. The third kappa shape index (κ3) is 4.10. The highest BCUT2D eigenvalue weighted by atomic mass is 35.5. The van der Waals surface area contributed by atoms with Crippen LogP contribution >= 0.6 is 11.6 Å². The van der Waals surface area contributed by atoms with Crippen LogP contribution in [0.1, 0.15) is 41.0 Å². The van der Waals surface area contributed by atoms with E-state index in [2.05, 4.69) is 10.00 Å². The lowest BCUT2D eigenvalue weighted by Gasteiger charge is -2.28. The molecule has 3 rings (SSSR count). The van der Waals surface area contributed by atoms with Gasteiger partial charge in [0.1, 0.15) is 0 Å². The lowest BCUT2D eigenvalue weighted by molar-refractivity contribution is 0.0773. The highest BCUT2D eigenvalue weighted by Gasteiger charge is 2.16. The van der Waals surface area contributed by atoms with Gasteiger partial charge in [-0.3, -0.25) is 4.79 Å². The second-order valence-electron chi connectivity index (χ2n) is 7.08. The Morgan fingerprint density at radius 3 is 2.62 bits per heavy atom. The maximum absolute atomic E-state index is 12.8. The van der Waals surface area contributed by atoms with Crippen LogP contribution < -0.4 is 0 Å². The van der Waals surface area contributed by atoms with Crippen LogP contribution in [0.2, 0.25) is 5.02 Å². The number of piperidine rings is 1. The number of likely N-dealkylation sites (tertiary alicyclic amines) is 1. The molecule has 6 heteroatoms. The van der Waals surface area contributed by atoms with Crippen LogP contribution in [0.3, 0.4) is 0 Å². The summed E-state index contributed by atoms with van der Waals surface area (Å²) in [4.78, 5) is 17.1. The fraction of sp³-hybridized carbons (Fsp3) is 0.500. The molecule has 5 nitrogen and oxygen atoms in total. The molecule has 1 aromatic heterocycles. The standard InChI is InChI=1S/C20H27ClN4O/c1-15-19(21)16(2)25(22-15)18-9-7-8-17(14-18)20(26)23(3)12-13-24-10-5-4-6-11-24/h7-9,14H,4-6,10-13H2,1-3H3. The lowest BCUT2D eigenvalue weighted by Crippen LogP contribution is -2.38. The van der Waals surface area contributed by atoms with Crippen LogP contribution in [0.15, 0.2) is 24.3 Å². The van der Waals surface area contributed by atoms with Gasteiger partial charge in [-0.25, -0.2) is 4.68 Å². The van der Waals surface area contributed by atoms with Gasteiger partial charge in [0.15, 0.2) is 0 Å². The van der Waals surface area contributed by atoms with Crippen molar-refractivity contribution in [3.05, 3.63) is 46.2 Å². The van der Waals surface area contributed by atoms with E-state index in [9.17, 15) is 4.79 Å². The van der Waals surface area contributed by atoms with Crippen molar-refractivity contribution in [3.63, 3.8) is 0 Å². The van der Waals surface area contributed by atoms with Gasteiger partial charge in [0.25, 0.3) is 5.91 Å². The first-order valence-electron chi connectivity index (χ1n) is 9.27. The molecule has 0 saturated carbocycles. The molecule has 1 amide bonds. The molecule has 1 fully saturated rings. The molecule has 26 heavy (non-hydrogen) atoms. The number of aromatic nitrogens is 2. The van der Waals surface area contributed by atoms with Crippen molar-refractivity contribution in [1.29, 1.82) is 0 Å². The second-order valence-corrected chi connectivity index (χ2v) is 7.45. The zero-order valence-electron chi connectivity index (χ0n) is 15.8. The smallest absolute Gasteiger partial charge is 0.253 e. The zero-order chi connectivity index (χ0) is 18.7. The molecular weight excluding hydrogens is 348 g/mol. The maximum Gasteiger partial charge on any atom is 0.253 e. The van der Waals surface area contributed by atoms with Gasteiger partial charge in [-0.1, -0.05) is 24.1 Å². The molecule has 0 unspecified atom stereocenters. The van der Waals surface area contributed by atoms with Gasteiger partial charge in [-0.05, 0) is 58.0 Å². The van der Waals surface area contributed by atoms with Gasteiger partial charge in [0.05, 0.1) is 22.1 Å². The Morgan fingerprint density at radius 2 is 1.96 bits per heavy atom. The molecule has 1 saturated heterocycles. The highest BCUT2D eigenvalue weighted by Crippen LogP contribution is 2.23. The van der Waals surface area contributed by atoms with E-state index in [4.69, 9.17) is 11.6 Å². The molecule has 1 aliphatic rings. The number of halogens is 1. The molecule has 2 heterocycles. The van der Waals surface area contributed by atoms with E-state index < -0.39 is 0 Å². The van der Waals surface area contributed by atoms with E-state index in [0.717, 1.165) is 43.3 Å². The minimum Gasteiger partial charge on any atom is -0.340 e. The average Bonchev–Trinajstić information content (AvgIpc) is 2.94. The summed E-state index contributed by atoms with van der Waals surface area (Å²) < 4.78 is 1.79. The molecule has 2 aromatic rings. The van der Waals surface area contributed by atoms with Crippen LogP contribution in [0, 0.1) is 13.8 Å². The van der Waals surface area contributed by atoms with Gasteiger partial charge in [0, 0.05) is 25.7 Å². The largest absolute Gasteiger partial charge is 0.340 e. The number of nitrogens with zero attached hydrogens (tertiary/aromatic N) is 4. The summed E-state index contributed by atoms with van der Waals surface area (Å²) in [5.74, 6) is 0.0384. The van der Waals surface area contributed by atoms with Crippen LogP contribution in [0.4, 0.5) is 0 Å². The third-order valence-electron chi connectivity index (χ3n) is 5.09. The average molecular weight is 375 g/mol. The number of carbonyl (C=O) groups is 1. The topological polar surface area (TPSA) is 41.4 Å². The predicted octanol–water partition coefficient (Wildman–Crippen LogP) is 3.70. The summed E-state index contributed by atoms with van der Waals surface area (Å²) in [7, 11) is 1.87. The fourth-order valence-electron chi connectivity index (χ4n) is 3.44. The summed E-state index contributed by atoms with van der Waals surface area (Å²) in [6.45, 7) is 7.80. The van der Waals surface area contributed by atoms with E-state index in [1.54, 1.807) is 4.68 Å². The van der Waals surface area contributed by atoms with Crippen LogP contribution in [0.25, 0.3) is 5.69 Å². The third-order valence-corrected chi connectivity index (χ3v) is 5.63. The van der Waals surface area contributed by atoms with Crippen molar-refractivity contribution in [1.82, 2.24) is 19.6 Å². The summed E-state index contributed by atoms with van der Waals surface area (Å²) >= 11 is 6.25. The Kier molecular flexibility index (Phi) is 5.99. The molecule has 0 N–H and O–H groups in total. The molecule has 0 aliphatic carbocycles. The monoisotopic (exact) mass is 374 g/mol. The van der Waals surface area contributed by atoms with Gasteiger partial charge in [0.2, 0.25) is 0 Å². The molecule has 1 aliphatic heterocycles. The van der Waals surface area contributed by atoms with E-state index >= 15 is 0 Å². The Morgan fingerprint density at radius 1 is 1.23 bits per heavy atom. The molecule has 140 valence electrons. The van der Waals surface area contributed by atoms with Crippen LogP contribution in [-0.4, -0.2) is 58.7 Å². The molecule has 0 atom stereocenters. The Bertz CT molecular complexity index is 780. The van der Waals surface area contributed by atoms with Crippen molar-refractivity contribution < 1.29 is 4.79 Å². The number of hydrogen-bond donors (Lipinski definition) is 0. The van der Waals surface area contributed by atoms with E-state index in [1.165, 1.54) is 19.3 Å². The Balaban J connectivity index is 1.70. The van der Waals surface area contributed by atoms with Crippen LogP contribution in [0.5, 0.6) is 0 Å². The van der Waals surface area contributed by atoms with Gasteiger partial charge < -0.3 is 9.80 Å². The lowest BCUT2D eigenvalue weighted by atomic mass is 10.1. The summed E-state index contributed by atoms with van der Waals surface area (Å²) in [5, 5.41) is 5.14. The predicted molar refractivity (Wildman–Crippen MR) is 105 cm³/mol. The number of likely N-dealkylation sites (N-methyl/N-ethyl adjacent to an activating group) is 1. The minimum absolute atomic E-state index is 0.0384. The van der Waals surface area contributed by atoms with Crippen molar-refractivity contribution in [2.24, 2.45) is 0 Å². The number of carbonyl (C=O) groups excluding carboxylic acids is 1. The number of amides is 1. The number of aryl methyl sites for hydroxylation is 1. The minimum atomic E-state index is 0.0384. The summed E-state index contributed by atoms with van der Waals surface area (Å²) in [6, 6.07) is 7.58. The van der Waals surface area contributed by atoms with Gasteiger partial charge >= 0.3 is 0 Å². The van der Waals surface area contributed by atoms with E-state index in [1.807, 2.05) is 50.1 Å². The second kappa shape index (κ2) is 8.23. The van der Waals surface area contributed by atoms with Crippen molar-refractivity contribution in [2.45, 2.75) is 33.1 Å². The van der Waals surface area contributed by atoms with E-state index in [0.29, 0.717) is 10.6 Å². The molecule has 0 spiro atoms. The molecule has 0 radical (unpaired) electrons. The molecular formula is C20H27ClN4O. The Hall–Kier alpha value is -1.85. The number of rotatable bonds is 5. The highest BCUT2D eigenvalue weighted by molar-refractivity contribution is 6.31. The van der Waals surface area contributed by atoms with Crippen LogP contribution in [-0.2, 0) is 0 Å². The first-order valence-corrected chi connectivity index (χ1v) is 9.65. The normalized spacial score (nSPS) is 15.2. The molecule has 0 bridgehead atoms. The first kappa shape index (κ1) is 18.9. The van der Waals surface area contributed by atoms with Crippen molar-refractivity contribution in [2.75, 3.05) is 33.2 Å². The van der Waals surface area contributed by atoms with Gasteiger partial charge in [-0.15, -0.1) is 0 Å². The van der Waals surface area contributed by atoms with E-state index in [-0.39, 0.29) is 5.91 Å². The van der Waals surface area contributed by atoms with Crippen molar-refractivity contribution >= 4 is 17.5 Å². The first-order chi connectivity index (χ1) is 12.5. The number of benzene rings is 1. The van der Waals surface area contributed by atoms with Crippen molar-refractivity contribution in [3.8, 4) is 5.69 Å². The Labute approximate surface area is 160 Å². The number of hydrogen-bond acceptors (Lipinski definition) is 3. The molecule has 1 aromatic carbocycles. The fourth-order valence-corrected chi connectivity index (χ4v) is 3.56. The SMILES string of the molecule is Cc1nn(-c2cccc(C(=O)N(C)CCN3CCCCC3)c2)c(C)c1Cl. The zero-order valence-corrected chi connectivity index (χ0v) is 16.6. The van der Waals surface area contributed by atoms with Gasteiger partial charge in [-0.2, -0.15) is 5.10 Å². The summed E-state index contributed by atoms with van der Waals surface area (Å²) in [6.07, 6.45) is 3.87. The summed E-state index contributed by atoms with van der Waals surface area (Å²) in [5.41, 5.74) is 3.20.